The molecule has 2 rings (SSSR count). The van der Waals surface area contributed by atoms with E-state index in [1.54, 1.807) is 30.2 Å². The molecule has 0 aromatic heterocycles. The van der Waals surface area contributed by atoms with Gasteiger partial charge in [-0.05, 0) is 18.6 Å². The average molecular weight is 247 g/mol. The van der Waals surface area contributed by atoms with Crippen molar-refractivity contribution in [3.05, 3.63) is 23.8 Å². The van der Waals surface area contributed by atoms with Gasteiger partial charge in [0.1, 0.15) is 5.75 Å². The molecule has 0 fully saturated rings. The number of nitrogens with zero attached hydrogens (tertiary/aromatic N) is 1. The number of hydrogen-bond acceptors (Lipinski definition) is 3. The molecule has 18 heavy (non-hydrogen) atoms. The maximum Gasteiger partial charge on any atom is 0.227 e. The van der Waals surface area contributed by atoms with Crippen molar-refractivity contribution in [3.63, 3.8) is 0 Å². The Morgan fingerprint density at radius 1 is 1.44 bits per heavy atom. The van der Waals surface area contributed by atoms with Crippen LogP contribution in [-0.4, -0.2) is 25.3 Å². The van der Waals surface area contributed by atoms with Crippen molar-refractivity contribution in [1.29, 1.82) is 0 Å². The van der Waals surface area contributed by atoms with E-state index in [1.807, 2.05) is 6.92 Å². The molecule has 4 heteroatoms. The molecule has 0 aliphatic carbocycles. The molecule has 1 aromatic rings. The van der Waals surface area contributed by atoms with Gasteiger partial charge >= 0.3 is 0 Å². The number of anilines is 1. The highest BCUT2D eigenvalue weighted by molar-refractivity contribution is 6.10. The molecular weight excluding hydrogens is 230 g/mol. The van der Waals surface area contributed by atoms with E-state index in [4.69, 9.17) is 4.74 Å². The highest BCUT2D eigenvalue weighted by atomic mass is 16.5. The first-order valence-corrected chi connectivity index (χ1v) is 6.19. The molecule has 1 heterocycles. The van der Waals surface area contributed by atoms with E-state index in [-0.39, 0.29) is 11.7 Å². The third-order valence-electron chi connectivity index (χ3n) is 3.12. The normalized spacial score (nSPS) is 14.3. The topological polar surface area (TPSA) is 46.6 Å². The monoisotopic (exact) mass is 247 g/mol. The van der Waals surface area contributed by atoms with E-state index >= 15 is 0 Å². The zero-order valence-electron chi connectivity index (χ0n) is 10.7. The van der Waals surface area contributed by atoms with E-state index in [0.717, 1.165) is 6.42 Å². The molecule has 4 nitrogen and oxygen atoms in total. The maximum absolute atomic E-state index is 12.1. The van der Waals surface area contributed by atoms with Gasteiger partial charge in [-0.3, -0.25) is 9.59 Å². The lowest BCUT2D eigenvalue weighted by Gasteiger charge is -2.30. The molecule has 0 saturated heterocycles. The quantitative estimate of drug-likeness (QED) is 0.824. The molecule has 1 aliphatic rings. The Morgan fingerprint density at radius 2 is 2.22 bits per heavy atom. The van der Waals surface area contributed by atoms with Crippen LogP contribution in [0.5, 0.6) is 5.75 Å². The first kappa shape index (κ1) is 12.6. The lowest BCUT2D eigenvalue weighted by Crippen LogP contribution is -2.37. The fourth-order valence-electron chi connectivity index (χ4n) is 2.25. The number of amides is 1. The van der Waals surface area contributed by atoms with E-state index in [9.17, 15) is 9.59 Å². The Labute approximate surface area is 107 Å². The fourth-order valence-corrected chi connectivity index (χ4v) is 2.25. The number of carbonyl (C=O) groups is 2. The second-order valence-electron chi connectivity index (χ2n) is 4.32. The number of fused-ring (bicyclic) bond motifs is 1. The van der Waals surface area contributed by atoms with Crippen molar-refractivity contribution in [3.8, 4) is 5.75 Å². The molecule has 0 bridgehead atoms. The largest absolute Gasteiger partial charge is 0.495 e. The van der Waals surface area contributed by atoms with Crippen molar-refractivity contribution < 1.29 is 14.3 Å². The number of benzene rings is 1. The summed E-state index contributed by atoms with van der Waals surface area (Å²) in [6, 6.07) is 5.32. The van der Waals surface area contributed by atoms with E-state index in [0.29, 0.717) is 36.4 Å². The summed E-state index contributed by atoms with van der Waals surface area (Å²) in [6.45, 7) is 2.42. The highest BCUT2D eigenvalue weighted by Crippen LogP contribution is 2.36. The summed E-state index contributed by atoms with van der Waals surface area (Å²) in [7, 11) is 1.55. The second kappa shape index (κ2) is 5.21. The van der Waals surface area contributed by atoms with Crippen LogP contribution in [0.15, 0.2) is 18.2 Å². The molecular formula is C14H17NO3. The van der Waals surface area contributed by atoms with Gasteiger partial charge in [0.15, 0.2) is 5.78 Å². The van der Waals surface area contributed by atoms with Gasteiger partial charge in [-0.1, -0.05) is 13.0 Å². The van der Waals surface area contributed by atoms with E-state index in [2.05, 4.69) is 0 Å². The Morgan fingerprint density at radius 3 is 2.89 bits per heavy atom. The average Bonchev–Trinajstić information content (AvgIpc) is 2.39. The summed E-state index contributed by atoms with van der Waals surface area (Å²) < 4.78 is 5.27. The van der Waals surface area contributed by atoms with Gasteiger partial charge in [-0.15, -0.1) is 0 Å². The summed E-state index contributed by atoms with van der Waals surface area (Å²) in [5.41, 5.74) is 1.22. The Hall–Kier alpha value is -1.84. The number of hydrogen-bond donors (Lipinski definition) is 0. The van der Waals surface area contributed by atoms with Crippen molar-refractivity contribution in [2.75, 3.05) is 18.6 Å². The predicted octanol–water partition coefficient (Wildman–Crippen LogP) is 2.41. The third-order valence-corrected chi connectivity index (χ3v) is 3.12. The Kier molecular flexibility index (Phi) is 3.65. The van der Waals surface area contributed by atoms with Crippen LogP contribution in [0, 0.1) is 0 Å². The summed E-state index contributed by atoms with van der Waals surface area (Å²) in [6.07, 6.45) is 1.68. The summed E-state index contributed by atoms with van der Waals surface area (Å²) in [5.74, 6) is 0.713. The number of ketones is 1. The van der Waals surface area contributed by atoms with Gasteiger partial charge in [0.2, 0.25) is 5.91 Å². The predicted molar refractivity (Wildman–Crippen MR) is 69.2 cm³/mol. The maximum atomic E-state index is 12.1. The number of rotatable bonds is 3. The first-order valence-electron chi connectivity index (χ1n) is 6.19. The van der Waals surface area contributed by atoms with Crippen LogP contribution in [0.25, 0.3) is 0 Å². The van der Waals surface area contributed by atoms with Gasteiger partial charge in [-0.2, -0.15) is 0 Å². The van der Waals surface area contributed by atoms with Gasteiger partial charge in [0.25, 0.3) is 0 Å². The van der Waals surface area contributed by atoms with Gasteiger partial charge in [0.05, 0.1) is 12.8 Å². The van der Waals surface area contributed by atoms with Crippen LogP contribution in [0.3, 0.4) is 0 Å². The molecule has 1 aliphatic heterocycles. The number of methoxy groups -OCH3 is 1. The summed E-state index contributed by atoms with van der Waals surface area (Å²) >= 11 is 0. The molecule has 0 N–H and O–H groups in total. The molecule has 96 valence electrons. The van der Waals surface area contributed by atoms with Crippen molar-refractivity contribution in [2.24, 2.45) is 0 Å². The lowest BCUT2D eigenvalue weighted by molar-refractivity contribution is -0.118. The molecule has 0 radical (unpaired) electrons. The lowest BCUT2D eigenvalue weighted by atomic mass is 9.99. The smallest absolute Gasteiger partial charge is 0.227 e. The van der Waals surface area contributed by atoms with Gasteiger partial charge in [0, 0.05) is 24.9 Å². The number of carbonyl (C=O) groups excluding carboxylic acids is 2. The van der Waals surface area contributed by atoms with Gasteiger partial charge < -0.3 is 9.64 Å². The van der Waals surface area contributed by atoms with Crippen molar-refractivity contribution in [1.82, 2.24) is 0 Å². The number of Topliss-reactive ketones (excluding diaryl/α,β-unsaturated/α-hetero) is 1. The Balaban J connectivity index is 2.47. The van der Waals surface area contributed by atoms with Crippen LogP contribution in [-0.2, 0) is 4.79 Å². The van der Waals surface area contributed by atoms with E-state index < -0.39 is 0 Å². The molecule has 0 unspecified atom stereocenters. The third kappa shape index (κ3) is 2.10. The molecule has 0 atom stereocenters. The Bertz CT molecular complexity index is 482. The fraction of sp³-hybridized carbons (Fsp3) is 0.429. The first-order chi connectivity index (χ1) is 8.69. The molecule has 1 amide bonds. The summed E-state index contributed by atoms with van der Waals surface area (Å²) in [4.78, 5) is 25.7. The zero-order valence-corrected chi connectivity index (χ0v) is 10.7. The summed E-state index contributed by atoms with van der Waals surface area (Å²) in [5, 5.41) is 0. The van der Waals surface area contributed by atoms with Crippen LogP contribution >= 0.6 is 0 Å². The number of ether oxygens (including phenoxy) is 1. The minimum Gasteiger partial charge on any atom is -0.495 e. The van der Waals surface area contributed by atoms with Gasteiger partial charge in [-0.25, -0.2) is 0 Å². The van der Waals surface area contributed by atoms with Crippen LogP contribution in [0.4, 0.5) is 5.69 Å². The van der Waals surface area contributed by atoms with E-state index in [1.165, 1.54) is 0 Å². The minimum atomic E-state index is 0.0516. The molecule has 0 saturated carbocycles. The molecule has 1 aromatic carbocycles. The van der Waals surface area contributed by atoms with Crippen LogP contribution in [0.1, 0.15) is 36.5 Å². The second-order valence-corrected chi connectivity index (χ2v) is 4.32. The minimum absolute atomic E-state index is 0.0516. The van der Waals surface area contributed by atoms with Crippen LogP contribution < -0.4 is 9.64 Å². The number of para-hydroxylation sites is 1. The van der Waals surface area contributed by atoms with Crippen molar-refractivity contribution in [2.45, 2.75) is 26.2 Å². The SMILES string of the molecule is CCCC(=O)N1CCC(=O)c2cccc(OC)c21. The standard InChI is InChI=1S/C14H17NO3/c1-3-5-13(17)15-9-8-11(16)10-6-4-7-12(18-2)14(10)15/h4,6-7H,3,5,8-9H2,1-2H3. The van der Waals surface area contributed by atoms with Crippen LogP contribution in [0.2, 0.25) is 0 Å². The van der Waals surface area contributed by atoms with Crippen molar-refractivity contribution >= 4 is 17.4 Å². The highest BCUT2D eigenvalue weighted by Gasteiger charge is 2.29. The molecule has 0 spiro atoms. The zero-order chi connectivity index (χ0) is 13.1.